The number of halogens is 1. The molecule has 0 atom stereocenters. The molecule has 0 amide bonds. The van der Waals surface area contributed by atoms with Crippen LogP contribution in [0.3, 0.4) is 0 Å². The Kier molecular flexibility index (Phi) is 7.37. The number of pyridine rings is 1. The molecule has 0 aliphatic carbocycles. The van der Waals surface area contributed by atoms with Crippen LogP contribution in [0.25, 0.3) is 0 Å². The largest absolute Gasteiger partial charge is 0.411 e. The van der Waals surface area contributed by atoms with Crippen molar-refractivity contribution in [2.24, 2.45) is 15.3 Å². The van der Waals surface area contributed by atoms with Crippen LogP contribution in [0.4, 0.5) is 0 Å². The Morgan fingerprint density at radius 1 is 1.25 bits per heavy atom. The molecule has 0 unspecified atom stereocenters. The Morgan fingerprint density at radius 2 is 2.00 bits per heavy atom. The molecule has 20 heavy (non-hydrogen) atoms. The van der Waals surface area contributed by atoms with Gasteiger partial charge in [0.2, 0.25) is 6.67 Å². The van der Waals surface area contributed by atoms with Gasteiger partial charge in [-0.25, -0.2) is 4.99 Å². The fraction of sp³-hybridized carbons (Fsp3) is 0.0769. The SMILES string of the molecule is ON=CC(/C=C\Cl)=C/C=NC[n+]1ccc(C=NO)cc1. The Labute approximate surface area is 121 Å². The van der Waals surface area contributed by atoms with Crippen LogP contribution in [0.15, 0.2) is 63.1 Å². The van der Waals surface area contributed by atoms with Crippen molar-refractivity contribution in [1.82, 2.24) is 0 Å². The zero-order chi connectivity index (χ0) is 14.6. The molecule has 1 rings (SSSR count). The maximum atomic E-state index is 8.44. The first kappa shape index (κ1) is 15.6. The second-order valence-corrected chi connectivity index (χ2v) is 3.82. The molecule has 2 N–H and O–H groups in total. The molecule has 0 fully saturated rings. The van der Waals surface area contributed by atoms with Gasteiger partial charge in [-0.15, -0.1) is 0 Å². The van der Waals surface area contributed by atoms with Crippen LogP contribution < -0.4 is 4.57 Å². The summed E-state index contributed by atoms with van der Waals surface area (Å²) >= 11 is 5.44. The molecule has 0 radical (unpaired) electrons. The summed E-state index contributed by atoms with van der Waals surface area (Å²) in [4.78, 5) is 4.18. The number of aromatic nitrogens is 1. The Balaban J connectivity index is 2.61. The van der Waals surface area contributed by atoms with E-state index in [1.807, 2.05) is 17.0 Å². The molecule has 1 heterocycles. The molecule has 7 heteroatoms. The minimum atomic E-state index is 0.432. The van der Waals surface area contributed by atoms with Crippen molar-refractivity contribution < 1.29 is 15.0 Å². The second-order valence-electron chi connectivity index (χ2n) is 3.57. The molecule has 6 nitrogen and oxygen atoms in total. The summed E-state index contributed by atoms with van der Waals surface area (Å²) in [5, 5.41) is 22.7. The zero-order valence-corrected chi connectivity index (χ0v) is 11.3. The number of rotatable bonds is 6. The predicted octanol–water partition coefficient (Wildman–Crippen LogP) is 1.95. The van der Waals surface area contributed by atoms with E-state index in [1.165, 1.54) is 18.0 Å². The Hall–Kier alpha value is -2.47. The van der Waals surface area contributed by atoms with Gasteiger partial charge in [0.05, 0.1) is 12.4 Å². The van der Waals surface area contributed by atoms with E-state index in [9.17, 15) is 0 Å². The topological polar surface area (TPSA) is 81.4 Å². The minimum absolute atomic E-state index is 0.432. The van der Waals surface area contributed by atoms with Gasteiger partial charge in [0, 0.05) is 29.4 Å². The van der Waals surface area contributed by atoms with Crippen LogP contribution in [0.2, 0.25) is 0 Å². The van der Waals surface area contributed by atoms with Crippen molar-refractivity contribution in [1.29, 1.82) is 0 Å². The molecular weight excluding hydrogens is 280 g/mol. The molecule has 1 aromatic heterocycles. The fourth-order valence-electron chi connectivity index (χ4n) is 1.28. The van der Waals surface area contributed by atoms with E-state index in [1.54, 1.807) is 30.5 Å². The van der Waals surface area contributed by atoms with Crippen LogP contribution in [0.1, 0.15) is 5.56 Å². The third-order valence-corrected chi connectivity index (χ3v) is 2.33. The van der Waals surface area contributed by atoms with E-state index in [0.29, 0.717) is 12.2 Å². The number of aliphatic imine (C=N–C) groups is 1. The lowest BCUT2D eigenvalue weighted by molar-refractivity contribution is -0.695. The highest BCUT2D eigenvalue weighted by Gasteiger charge is 1.96. The molecule has 0 aromatic carbocycles. The summed E-state index contributed by atoms with van der Waals surface area (Å²) in [6, 6.07) is 3.59. The third-order valence-electron chi connectivity index (χ3n) is 2.20. The third kappa shape index (κ3) is 5.92. The first-order chi connectivity index (χ1) is 9.80. The van der Waals surface area contributed by atoms with Gasteiger partial charge in [-0.3, -0.25) is 0 Å². The minimum Gasteiger partial charge on any atom is -0.411 e. The van der Waals surface area contributed by atoms with Gasteiger partial charge < -0.3 is 10.4 Å². The van der Waals surface area contributed by atoms with Gasteiger partial charge in [0.15, 0.2) is 12.4 Å². The second kappa shape index (κ2) is 9.46. The van der Waals surface area contributed by atoms with Crippen molar-refractivity contribution >= 4 is 30.2 Å². The van der Waals surface area contributed by atoms with Crippen molar-refractivity contribution in [3.63, 3.8) is 0 Å². The zero-order valence-electron chi connectivity index (χ0n) is 10.5. The lowest BCUT2D eigenvalue weighted by Crippen LogP contribution is -2.31. The molecule has 0 saturated carbocycles. The van der Waals surface area contributed by atoms with Crippen LogP contribution >= 0.6 is 11.6 Å². The number of allylic oxidation sites excluding steroid dienone is 3. The molecule has 0 aliphatic rings. The van der Waals surface area contributed by atoms with Gasteiger partial charge in [-0.2, -0.15) is 4.57 Å². The van der Waals surface area contributed by atoms with Gasteiger partial charge in [-0.05, 0) is 17.7 Å². The van der Waals surface area contributed by atoms with E-state index in [-0.39, 0.29) is 0 Å². The fourth-order valence-corrected chi connectivity index (χ4v) is 1.42. The van der Waals surface area contributed by atoms with Crippen molar-refractivity contribution in [3.8, 4) is 0 Å². The first-order valence-corrected chi connectivity index (χ1v) is 6.04. The van der Waals surface area contributed by atoms with Gasteiger partial charge >= 0.3 is 0 Å². The van der Waals surface area contributed by atoms with Crippen LogP contribution in [0.5, 0.6) is 0 Å². The summed E-state index contributed by atoms with van der Waals surface area (Å²) in [5.41, 5.74) is 2.73. The average Bonchev–Trinajstić information content (AvgIpc) is 2.46. The predicted molar refractivity (Wildman–Crippen MR) is 77.9 cm³/mol. The normalized spacial score (nSPS) is 13.3. The lowest BCUT2D eigenvalue weighted by atomic mass is 10.3. The molecule has 1 aromatic rings. The summed E-state index contributed by atoms with van der Waals surface area (Å²) in [6.45, 7) is 0.432. The number of nitrogens with zero attached hydrogens (tertiary/aromatic N) is 4. The van der Waals surface area contributed by atoms with Gasteiger partial charge in [0.1, 0.15) is 0 Å². The lowest BCUT2D eigenvalue weighted by Gasteiger charge is -1.92. The molecule has 0 spiro atoms. The van der Waals surface area contributed by atoms with Crippen molar-refractivity contribution in [2.75, 3.05) is 0 Å². The van der Waals surface area contributed by atoms with Crippen LogP contribution in [-0.4, -0.2) is 29.1 Å². The maximum absolute atomic E-state index is 8.44. The van der Waals surface area contributed by atoms with Crippen LogP contribution in [0, 0.1) is 0 Å². The van der Waals surface area contributed by atoms with Gasteiger partial charge in [-0.1, -0.05) is 21.9 Å². The van der Waals surface area contributed by atoms with Crippen molar-refractivity contribution in [3.05, 3.63) is 53.4 Å². The molecule has 0 aliphatic heterocycles. The highest BCUT2D eigenvalue weighted by Crippen LogP contribution is 1.94. The van der Waals surface area contributed by atoms with E-state index in [2.05, 4.69) is 15.3 Å². The number of oxime groups is 2. The van der Waals surface area contributed by atoms with Crippen LogP contribution in [-0.2, 0) is 6.67 Å². The molecule has 0 saturated heterocycles. The maximum Gasteiger partial charge on any atom is 0.240 e. The molecular formula is C13H14ClN4O2+. The Morgan fingerprint density at radius 3 is 2.60 bits per heavy atom. The molecule has 0 bridgehead atoms. The average molecular weight is 294 g/mol. The first-order valence-electron chi connectivity index (χ1n) is 5.61. The Bertz CT molecular complexity index is 534. The quantitative estimate of drug-likeness (QED) is 0.276. The summed E-state index contributed by atoms with van der Waals surface area (Å²) < 4.78 is 1.84. The standard InChI is InChI=1S/C13H13ClN4O2/c14-5-1-12(9-16-19)2-6-15-11-18-7-3-13(4-8-18)10-17-20/h1-10H,11H2,(H,15,19)/p+1/b5-1-. The summed E-state index contributed by atoms with van der Waals surface area (Å²) in [5.74, 6) is 0. The highest BCUT2D eigenvalue weighted by molar-refractivity contribution is 6.25. The van der Waals surface area contributed by atoms with E-state index in [4.69, 9.17) is 22.0 Å². The number of hydrogen-bond acceptors (Lipinski definition) is 5. The van der Waals surface area contributed by atoms with Gasteiger partial charge in [0.25, 0.3) is 0 Å². The van der Waals surface area contributed by atoms with E-state index in [0.717, 1.165) is 5.56 Å². The summed E-state index contributed by atoms with van der Waals surface area (Å²) in [6.07, 6.45) is 11.0. The summed E-state index contributed by atoms with van der Waals surface area (Å²) in [7, 11) is 0. The van der Waals surface area contributed by atoms with Crippen molar-refractivity contribution in [2.45, 2.75) is 6.67 Å². The monoisotopic (exact) mass is 293 g/mol. The smallest absolute Gasteiger partial charge is 0.240 e. The van der Waals surface area contributed by atoms with E-state index < -0.39 is 0 Å². The van der Waals surface area contributed by atoms with E-state index >= 15 is 0 Å². The number of hydrogen-bond donors (Lipinski definition) is 2. The molecule has 104 valence electrons. The highest BCUT2D eigenvalue weighted by atomic mass is 35.5.